The van der Waals surface area contributed by atoms with Gasteiger partial charge in [0.1, 0.15) is 0 Å². The minimum absolute atomic E-state index is 0.775. The lowest BCUT2D eigenvalue weighted by atomic mass is 10.1. The lowest BCUT2D eigenvalue weighted by Crippen LogP contribution is -2.01. The molecule has 1 N–H and O–H groups in total. The summed E-state index contributed by atoms with van der Waals surface area (Å²) < 4.78 is 1.15. The summed E-state index contributed by atoms with van der Waals surface area (Å²) in [6.07, 6.45) is 0. The molecule has 0 spiro atoms. The van der Waals surface area contributed by atoms with Gasteiger partial charge in [-0.1, -0.05) is 39.7 Å². The van der Waals surface area contributed by atoms with Crippen LogP contribution < -0.4 is 5.32 Å². The van der Waals surface area contributed by atoms with Crippen molar-refractivity contribution in [1.29, 1.82) is 0 Å². The van der Waals surface area contributed by atoms with Gasteiger partial charge in [0.2, 0.25) is 0 Å². The zero-order chi connectivity index (χ0) is 13.1. The molecule has 0 bridgehead atoms. The van der Waals surface area contributed by atoms with Crippen LogP contribution in [0.15, 0.2) is 40.9 Å². The zero-order valence-corrected chi connectivity index (χ0v) is 12.8. The van der Waals surface area contributed by atoms with Gasteiger partial charge in [0, 0.05) is 21.7 Å². The van der Waals surface area contributed by atoms with Crippen molar-refractivity contribution in [2.24, 2.45) is 0 Å². The predicted octanol–water partition coefficient (Wildman–Crippen LogP) is 5.33. The third-order valence-corrected chi connectivity index (χ3v) is 4.02. The molecule has 18 heavy (non-hydrogen) atoms. The monoisotopic (exact) mass is 323 g/mol. The molecule has 0 aromatic heterocycles. The smallest absolute Gasteiger partial charge is 0.0410 e. The van der Waals surface area contributed by atoms with Crippen molar-refractivity contribution in [2.45, 2.75) is 20.4 Å². The molecule has 0 atom stereocenters. The first-order valence-electron chi connectivity index (χ1n) is 5.81. The molecule has 0 aliphatic carbocycles. The van der Waals surface area contributed by atoms with Crippen LogP contribution in [0.5, 0.6) is 0 Å². The van der Waals surface area contributed by atoms with Crippen LogP contribution in [0.4, 0.5) is 5.69 Å². The number of aryl methyl sites for hydroxylation is 2. The Balaban J connectivity index is 2.09. The molecule has 0 fully saturated rings. The van der Waals surface area contributed by atoms with E-state index in [0.717, 1.165) is 27.3 Å². The first-order chi connectivity index (χ1) is 8.56. The van der Waals surface area contributed by atoms with Gasteiger partial charge in [0.25, 0.3) is 0 Å². The van der Waals surface area contributed by atoms with Crippen molar-refractivity contribution >= 4 is 33.2 Å². The number of hydrogen-bond donors (Lipinski definition) is 1. The normalized spacial score (nSPS) is 10.4. The van der Waals surface area contributed by atoms with Crippen molar-refractivity contribution in [3.63, 3.8) is 0 Å². The van der Waals surface area contributed by atoms with Gasteiger partial charge in [-0.25, -0.2) is 0 Å². The van der Waals surface area contributed by atoms with Gasteiger partial charge in [-0.3, -0.25) is 0 Å². The van der Waals surface area contributed by atoms with E-state index in [9.17, 15) is 0 Å². The third kappa shape index (κ3) is 3.27. The number of anilines is 1. The second-order valence-electron chi connectivity index (χ2n) is 4.40. The maximum atomic E-state index is 5.94. The lowest BCUT2D eigenvalue weighted by molar-refractivity contribution is 1.13. The van der Waals surface area contributed by atoms with Gasteiger partial charge < -0.3 is 5.32 Å². The zero-order valence-electron chi connectivity index (χ0n) is 10.4. The highest BCUT2D eigenvalue weighted by molar-refractivity contribution is 9.10. The van der Waals surface area contributed by atoms with Crippen LogP contribution in [-0.2, 0) is 6.54 Å². The standard InChI is InChI=1S/C15H15BrClN/c1-10-7-12(3-5-14(10)16)9-18-15-6-4-13(17)8-11(15)2/h3-8,18H,9H2,1-2H3. The Morgan fingerprint density at radius 3 is 2.50 bits per heavy atom. The number of hydrogen-bond acceptors (Lipinski definition) is 1. The fraction of sp³-hybridized carbons (Fsp3) is 0.200. The average Bonchev–Trinajstić information content (AvgIpc) is 2.32. The highest BCUT2D eigenvalue weighted by Gasteiger charge is 2.00. The van der Waals surface area contributed by atoms with Crippen molar-refractivity contribution in [2.75, 3.05) is 5.32 Å². The summed E-state index contributed by atoms with van der Waals surface area (Å²) in [6.45, 7) is 4.97. The van der Waals surface area contributed by atoms with E-state index in [-0.39, 0.29) is 0 Å². The fourth-order valence-electron chi connectivity index (χ4n) is 1.84. The quantitative estimate of drug-likeness (QED) is 0.804. The SMILES string of the molecule is Cc1cc(CNc2ccc(Cl)cc2C)ccc1Br. The number of rotatable bonds is 3. The Bertz CT molecular complexity index is 566. The van der Waals surface area contributed by atoms with E-state index in [0.29, 0.717) is 0 Å². The molecule has 94 valence electrons. The first kappa shape index (κ1) is 13.4. The molecule has 0 heterocycles. The average molecular weight is 325 g/mol. The molecular weight excluding hydrogens is 310 g/mol. The largest absolute Gasteiger partial charge is 0.381 e. The van der Waals surface area contributed by atoms with Gasteiger partial charge in [-0.15, -0.1) is 0 Å². The van der Waals surface area contributed by atoms with Gasteiger partial charge in [-0.05, 0) is 54.8 Å². The van der Waals surface area contributed by atoms with Crippen molar-refractivity contribution in [3.8, 4) is 0 Å². The van der Waals surface area contributed by atoms with Crippen LogP contribution in [0.1, 0.15) is 16.7 Å². The minimum Gasteiger partial charge on any atom is -0.381 e. The Morgan fingerprint density at radius 1 is 1.06 bits per heavy atom. The van der Waals surface area contributed by atoms with Crippen LogP contribution in [0.3, 0.4) is 0 Å². The van der Waals surface area contributed by atoms with E-state index in [1.807, 2.05) is 18.2 Å². The van der Waals surface area contributed by atoms with Crippen LogP contribution in [0.2, 0.25) is 5.02 Å². The summed E-state index contributed by atoms with van der Waals surface area (Å²) in [5, 5.41) is 4.20. The molecule has 2 aromatic rings. The summed E-state index contributed by atoms with van der Waals surface area (Å²) in [5.41, 5.74) is 4.81. The van der Waals surface area contributed by atoms with E-state index in [1.54, 1.807) is 0 Å². The molecule has 0 radical (unpaired) electrons. The maximum Gasteiger partial charge on any atom is 0.0410 e. The lowest BCUT2D eigenvalue weighted by Gasteiger charge is -2.10. The summed E-state index contributed by atoms with van der Waals surface area (Å²) in [7, 11) is 0. The van der Waals surface area contributed by atoms with Crippen molar-refractivity contribution < 1.29 is 0 Å². The molecule has 0 amide bonds. The fourth-order valence-corrected chi connectivity index (χ4v) is 2.31. The van der Waals surface area contributed by atoms with Crippen molar-refractivity contribution in [3.05, 3.63) is 62.6 Å². The topological polar surface area (TPSA) is 12.0 Å². The summed E-state index contributed by atoms with van der Waals surface area (Å²) in [6, 6.07) is 12.3. The predicted molar refractivity (Wildman–Crippen MR) is 82.4 cm³/mol. The molecule has 0 aliphatic rings. The third-order valence-electron chi connectivity index (χ3n) is 2.89. The summed E-state index contributed by atoms with van der Waals surface area (Å²) in [4.78, 5) is 0. The Kier molecular flexibility index (Phi) is 4.31. The van der Waals surface area contributed by atoms with Crippen molar-refractivity contribution in [1.82, 2.24) is 0 Å². The summed E-state index contributed by atoms with van der Waals surface area (Å²) >= 11 is 9.45. The van der Waals surface area contributed by atoms with Gasteiger partial charge in [0.15, 0.2) is 0 Å². The van der Waals surface area contributed by atoms with E-state index >= 15 is 0 Å². The minimum atomic E-state index is 0.775. The number of nitrogens with one attached hydrogen (secondary N) is 1. The van der Waals surface area contributed by atoms with E-state index < -0.39 is 0 Å². The van der Waals surface area contributed by atoms with Gasteiger partial charge in [-0.2, -0.15) is 0 Å². The second-order valence-corrected chi connectivity index (χ2v) is 5.69. The highest BCUT2D eigenvalue weighted by atomic mass is 79.9. The van der Waals surface area contributed by atoms with Gasteiger partial charge in [0.05, 0.1) is 0 Å². The van der Waals surface area contributed by atoms with Crippen LogP contribution in [0, 0.1) is 13.8 Å². The molecule has 1 nitrogen and oxygen atoms in total. The van der Waals surface area contributed by atoms with E-state index in [1.165, 1.54) is 11.1 Å². The van der Waals surface area contributed by atoms with Gasteiger partial charge >= 0.3 is 0 Å². The Labute approximate surface area is 121 Å². The molecule has 2 aromatic carbocycles. The molecule has 0 unspecified atom stereocenters. The molecule has 0 aliphatic heterocycles. The first-order valence-corrected chi connectivity index (χ1v) is 6.98. The maximum absolute atomic E-state index is 5.94. The number of halogens is 2. The molecular formula is C15H15BrClN. The van der Waals surface area contributed by atoms with Crippen LogP contribution in [-0.4, -0.2) is 0 Å². The number of benzene rings is 2. The molecule has 3 heteroatoms. The molecule has 0 saturated heterocycles. The van der Waals surface area contributed by atoms with E-state index in [4.69, 9.17) is 11.6 Å². The van der Waals surface area contributed by atoms with E-state index in [2.05, 4.69) is 53.3 Å². The molecule has 2 rings (SSSR count). The summed E-state index contributed by atoms with van der Waals surface area (Å²) in [5.74, 6) is 0. The Hall–Kier alpha value is -0.990. The second kappa shape index (κ2) is 5.77. The van der Waals surface area contributed by atoms with Crippen LogP contribution >= 0.6 is 27.5 Å². The van der Waals surface area contributed by atoms with Crippen LogP contribution in [0.25, 0.3) is 0 Å². The Morgan fingerprint density at radius 2 is 1.83 bits per heavy atom. The molecule has 0 saturated carbocycles. The highest BCUT2D eigenvalue weighted by Crippen LogP contribution is 2.21.